The topological polar surface area (TPSA) is 109 Å². The molecular formula is C25H36N4O2S. The summed E-state index contributed by atoms with van der Waals surface area (Å²) in [6.45, 7) is 0.922. The zero-order valence-electron chi connectivity index (χ0n) is 19.1. The van der Waals surface area contributed by atoms with Gasteiger partial charge in [0.2, 0.25) is 10.0 Å². The molecule has 0 saturated carbocycles. The Bertz CT molecular complexity index is 848. The van der Waals surface area contributed by atoms with Gasteiger partial charge in [0.25, 0.3) is 0 Å². The lowest BCUT2D eigenvalue weighted by atomic mass is 10.1. The Labute approximate surface area is 194 Å². The average Bonchev–Trinajstić information content (AvgIpc) is 2.80. The van der Waals surface area contributed by atoms with Crippen molar-refractivity contribution < 1.29 is 8.42 Å². The van der Waals surface area contributed by atoms with Crippen LogP contribution in [0, 0.1) is 34.0 Å². The molecule has 0 radical (unpaired) electrons. The average molecular weight is 457 g/mol. The molecule has 32 heavy (non-hydrogen) atoms. The molecule has 0 bridgehead atoms. The zero-order valence-corrected chi connectivity index (χ0v) is 20.0. The quantitative estimate of drug-likeness (QED) is 0.249. The zero-order chi connectivity index (χ0) is 23.5. The number of benzene rings is 1. The number of hydrogen-bond donors (Lipinski definition) is 0. The summed E-state index contributed by atoms with van der Waals surface area (Å²) >= 11 is 0. The van der Waals surface area contributed by atoms with E-state index in [9.17, 15) is 13.7 Å². The monoisotopic (exact) mass is 456 g/mol. The highest BCUT2D eigenvalue weighted by atomic mass is 32.2. The molecule has 0 saturated heterocycles. The largest absolute Gasteiger partial charge is 0.244 e. The first-order valence-corrected chi connectivity index (χ1v) is 13.2. The predicted octanol–water partition coefficient (Wildman–Crippen LogP) is 6.06. The molecule has 1 aromatic rings. The van der Waals surface area contributed by atoms with Crippen LogP contribution in [0.1, 0.15) is 95.5 Å². The number of rotatable bonds is 18. The van der Waals surface area contributed by atoms with Crippen LogP contribution in [0.5, 0.6) is 0 Å². The molecule has 0 spiro atoms. The van der Waals surface area contributed by atoms with Crippen LogP contribution < -0.4 is 0 Å². The third-order valence-corrected chi connectivity index (χ3v) is 7.47. The molecule has 174 valence electrons. The fourth-order valence-corrected chi connectivity index (χ4v) is 5.33. The minimum absolute atomic E-state index is 0.0931. The second-order valence-electron chi connectivity index (χ2n) is 8.07. The molecule has 0 aliphatic rings. The van der Waals surface area contributed by atoms with E-state index in [4.69, 9.17) is 10.5 Å². The van der Waals surface area contributed by atoms with Crippen LogP contribution in [0.2, 0.25) is 0 Å². The highest BCUT2D eigenvalue weighted by Crippen LogP contribution is 2.21. The van der Waals surface area contributed by atoms with Crippen LogP contribution in [-0.4, -0.2) is 25.8 Å². The van der Waals surface area contributed by atoms with Crippen molar-refractivity contribution in [3.05, 3.63) is 29.8 Å². The molecule has 7 heteroatoms. The van der Waals surface area contributed by atoms with Gasteiger partial charge in [-0.1, -0.05) is 63.5 Å². The Morgan fingerprint density at radius 1 is 0.656 bits per heavy atom. The predicted molar refractivity (Wildman–Crippen MR) is 126 cm³/mol. The molecule has 0 N–H and O–H groups in total. The Hall–Kier alpha value is -2.40. The van der Waals surface area contributed by atoms with Crippen molar-refractivity contribution in [1.82, 2.24) is 4.31 Å². The van der Waals surface area contributed by atoms with Gasteiger partial charge in [0, 0.05) is 25.9 Å². The van der Waals surface area contributed by atoms with Gasteiger partial charge in [0.15, 0.2) is 0 Å². The summed E-state index contributed by atoms with van der Waals surface area (Å²) in [6.07, 6.45) is 12.8. The first-order chi connectivity index (χ1) is 15.6. The smallest absolute Gasteiger partial charge is 0.207 e. The van der Waals surface area contributed by atoms with E-state index in [0.29, 0.717) is 25.9 Å². The minimum atomic E-state index is -3.71. The summed E-state index contributed by atoms with van der Waals surface area (Å²) in [7, 11) is -3.71. The third-order valence-electron chi connectivity index (χ3n) is 5.52. The van der Waals surface area contributed by atoms with Crippen molar-refractivity contribution >= 4 is 10.0 Å². The van der Waals surface area contributed by atoms with Gasteiger partial charge in [-0.25, -0.2) is 8.42 Å². The fraction of sp³-hybridized carbons (Fsp3) is 0.640. The summed E-state index contributed by atoms with van der Waals surface area (Å²) in [4.78, 5) is 0.0931. The summed E-state index contributed by atoms with van der Waals surface area (Å²) < 4.78 is 28.2. The van der Waals surface area contributed by atoms with E-state index in [-0.39, 0.29) is 10.5 Å². The van der Waals surface area contributed by atoms with Crippen molar-refractivity contribution in [1.29, 1.82) is 15.8 Å². The summed E-state index contributed by atoms with van der Waals surface area (Å²) in [5.74, 6) is 0. The Kier molecular flexibility index (Phi) is 14.8. The summed E-state index contributed by atoms with van der Waals surface area (Å²) in [5, 5.41) is 26.5. The number of nitriles is 3. The van der Waals surface area contributed by atoms with Crippen LogP contribution in [0.4, 0.5) is 0 Å². The van der Waals surface area contributed by atoms with Crippen LogP contribution in [0.25, 0.3) is 0 Å². The van der Waals surface area contributed by atoms with Gasteiger partial charge in [0.05, 0.1) is 22.6 Å². The lowest BCUT2D eigenvalue weighted by molar-refractivity contribution is 0.383. The molecule has 1 rings (SSSR count). The van der Waals surface area contributed by atoms with Crippen molar-refractivity contribution in [2.75, 3.05) is 13.1 Å². The fourth-order valence-electron chi connectivity index (χ4n) is 3.67. The van der Waals surface area contributed by atoms with E-state index in [1.165, 1.54) is 6.07 Å². The van der Waals surface area contributed by atoms with E-state index in [0.717, 1.165) is 77.0 Å². The van der Waals surface area contributed by atoms with Crippen molar-refractivity contribution in [3.63, 3.8) is 0 Å². The van der Waals surface area contributed by atoms with Crippen LogP contribution >= 0.6 is 0 Å². The molecule has 0 aliphatic heterocycles. The maximum atomic E-state index is 13.3. The van der Waals surface area contributed by atoms with Gasteiger partial charge >= 0.3 is 0 Å². The van der Waals surface area contributed by atoms with E-state index >= 15 is 0 Å². The van der Waals surface area contributed by atoms with Gasteiger partial charge in [-0.2, -0.15) is 20.1 Å². The summed E-state index contributed by atoms with van der Waals surface area (Å²) in [6, 6.07) is 12.7. The van der Waals surface area contributed by atoms with E-state index < -0.39 is 10.0 Å². The second kappa shape index (κ2) is 17.2. The third kappa shape index (κ3) is 10.8. The number of nitrogens with zero attached hydrogens (tertiary/aromatic N) is 4. The van der Waals surface area contributed by atoms with Gasteiger partial charge in [-0.3, -0.25) is 0 Å². The SMILES string of the molecule is N#CCCCCCCCCN(CCCCCCCCC#N)S(=O)(=O)c1ccccc1C#N. The maximum Gasteiger partial charge on any atom is 0.244 e. The van der Waals surface area contributed by atoms with E-state index in [1.54, 1.807) is 22.5 Å². The molecule has 0 aromatic heterocycles. The lowest BCUT2D eigenvalue weighted by Crippen LogP contribution is -2.33. The van der Waals surface area contributed by atoms with Crippen LogP contribution in [-0.2, 0) is 10.0 Å². The lowest BCUT2D eigenvalue weighted by Gasteiger charge is -2.23. The molecule has 0 fully saturated rings. The van der Waals surface area contributed by atoms with Crippen molar-refractivity contribution in [2.45, 2.75) is 94.8 Å². The first-order valence-electron chi connectivity index (χ1n) is 11.8. The highest BCUT2D eigenvalue weighted by Gasteiger charge is 2.26. The van der Waals surface area contributed by atoms with Gasteiger partial charge in [-0.15, -0.1) is 0 Å². The minimum Gasteiger partial charge on any atom is -0.207 e. The molecule has 1 aromatic carbocycles. The van der Waals surface area contributed by atoms with E-state index in [1.807, 2.05) is 6.07 Å². The summed E-state index contributed by atoms with van der Waals surface area (Å²) in [5.41, 5.74) is 0.187. The van der Waals surface area contributed by atoms with Crippen molar-refractivity contribution in [3.8, 4) is 18.2 Å². The normalized spacial score (nSPS) is 11.1. The molecule has 0 unspecified atom stereocenters. The van der Waals surface area contributed by atoms with Gasteiger partial charge in [-0.05, 0) is 37.8 Å². The second-order valence-corrected chi connectivity index (χ2v) is 9.98. The molecule has 0 aliphatic carbocycles. The van der Waals surface area contributed by atoms with Gasteiger partial charge in [0.1, 0.15) is 6.07 Å². The van der Waals surface area contributed by atoms with Crippen molar-refractivity contribution in [2.24, 2.45) is 0 Å². The van der Waals surface area contributed by atoms with Gasteiger partial charge < -0.3 is 0 Å². The Morgan fingerprint density at radius 3 is 1.56 bits per heavy atom. The molecule has 6 nitrogen and oxygen atoms in total. The van der Waals surface area contributed by atoms with E-state index in [2.05, 4.69) is 12.1 Å². The number of hydrogen-bond acceptors (Lipinski definition) is 5. The Morgan fingerprint density at radius 2 is 1.09 bits per heavy atom. The molecule has 0 atom stereocenters. The highest BCUT2D eigenvalue weighted by molar-refractivity contribution is 7.89. The Balaban J connectivity index is 2.61. The van der Waals surface area contributed by atoms with Crippen LogP contribution in [0.3, 0.4) is 0 Å². The van der Waals surface area contributed by atoms with Crippen LogP contribution in [0.15, 0.2) is 29.2 Å². The molecule has 0 amide bonds. The maximum absolute atomic E-state index is 13.3. The molecular weight excluding hydrogens is 420 g/mol. The number of unbranched alkanes of at least 4 members (excludes halogenated alkanes) is 12. The standard InChI is InChI=1S/C25H36N4O2S/c26-19-13-7-3-1-5-9-15-21-29(22-16-10-6-2-4-8-14-20-27)32(30,31)25-18-12-11-17-24(25)23-28/h11-12,17-18H,1-10,13-16,21-22H2. The number of sulfonamides is 1. The molecule has 0 heterocycles. The first kappa shape index (κ1) is 27.6.